The van der Waals surface area contributed by atoms with Crippen LogP contribution in [0, 0.1) is 5.92 Å². The third kappa shape index (κ3) is 4.30. The fourth-order valence-corrected chi connectivity index (χ4v) is 1.39. The molecular weight excluding hydrogens is 182 g/mol. The second-order valence-electron chi connectivity index (χ2n) is 4.11. The Bertz CT molecular complexity index is 289. The van der Waals surface area contributed by atoms with E-state index in [-0.39, 0.29) is 0 Å². The minimum atomic E-state index is 0.744. The molecule has 0 radical (unpaired) electrons. The standard InChI is InChI=1S/C14H21N/c1-4-12(2)10-15-11-13(3)14-8-6-5-7-9-14/h5-9,12,15H,3-4,10-11H2,1-2H3. The number of rotatable bonds is 6. The average molecular weight is 203 g/mol. The van der Waals surface area contributed by atoms with E-state index in [1.165, 1.54) is 17.6 Å². The quantitative estimate of drug-likeness (QED) is 0.747. The fourth-order valence-electron chi connectivity index (χ4n) is 1.39. The van der Waals surface area contributed by atoms with E-state index >= 15 is 0 Å². The highest BCUT2D eigenvalue weighted by atomic mass is 14.9. The van der Waals surface area contributed by atoms with Gasteiger partial charge in [0.25, 0.3) is 0 Å². The van der Waals surface area contributed by atoms with E-state index in [4.69, 9.17) is 0 Å². The van der Waals surface area contributed by atoms with Crippen molar-refractivity contribution in [2.75, 3.05) is 13.1 Å². The molecule has 1 heteroatoms. The summed E-state index contributed by atoms with van der Waals surface area (Å²) in [6.07, 6.45) is 1.23. The Morgan fingerprint density at radius 2 is 2.00 bits per heavy atom. The first-order valence-electron chi connectivity index (χ1n) is 5.68. The molecule has 0 aliphatic rings. The maximum Gasteiger partial charge on any atom is 0.0205 e. The van der Waals surface area contributed by atoms with Gasteiger partial charge in [0.05, 0.1) is 0 Å². The molecule has 0 saturated carbocycles. The predicted molar refractivity (Wildman–Crippen MR) is 67.8 cm³/mol. The normalized spacial score (nSPS) is 12.4. The maximum atomic E-state index is 4.09. The molecule has 15 heavy (non-hydrogen) atoms. The molecule has 0 spiro atoms. The summed E-state index contributed by atoms with van der Waals surface area (Å²) < 4.78 is 0. The minimum absolute atomic E-state index is 0.744. The van der Waals surface area contributed by atoms with Crippen molar-refractivity contribution in [3.63, 3.8) is 0 Å². The zero-order chi connectivity index (χ0) is 11.1. The molecule has 0 fully saturated rings. The van der Waals surface area contributed by atoms with Gasteiger partial charge >= 0.3 is 0 Å². The maximum absolute atomic E-state index is 4.09. The molecule has 0 aliphatic heterocycles. The molecule has 1 rings (SSSR count). The largest absolute Gasteiger partial charge is 0.312 e. The van der Waals surface area contributed by atoms with Crippen LogP contribution in [-0.4, -0.2) is 13.1 Å². The zero-order valence-electron chi connectivity index (χ0n) is 9.79. The molecule has 0 heterocycles. The Morgan fingerprint density at radius 3 is 2.60 bits per heavy atom. The first kappa shape index (κ1) is 12.0. The van der Waals surface area contributed by atoms with E-state index in [1.54, 1.807) is 0 Å². The number of hydrogen-bond donors (Lipinski definition) is 1. The predicted octanol–water partition coefficient (Wildman–Crippen LogP) is 3.34. The molecule has 1 nitrogen and oxygen atoms in total. The van der Waals surface area contributed by atoms with Gasteiger partial charge in [-0.3, -0.25) is 0 Å². The van der Waals surface area contributed by atoms with E-state index in [1.807, 2.05) is 6.07 Å². The summed E-state index contributed by atoms with van der Waals surface area (Å²) >= 11 is 0. The van der Waals surface area contributed by atoms with Gasteiger partial charge in [-0.15, -0.1) is 0 Å². The van der Waals surface area contributed by atoms with Crippen LogP contribution in [0.3, 0.4) is 0 Å². The van der Waals surface area contributed by atoms with Crippen LogP contribution in [0.5, 0.6) is 0 Å². The van der Waals surface area contributed by atoms with Crippen molar-refractivity contribution >= 4 is 5.57 Å². The third-order valence-corrected chi connectivity index (χ3v) is 2.71. The second kappa shape index (κ2) is 6.41. The van der Waals surface area contributed by atoms with Crippen molar-refractivity contribution in [2.45, 2.75) is 20.3 Å². The van der Waals surface area contributed by atoms with Crippen molar-refractivity contribution in [1.29, 1.82) is 0 Å². The molecule has 0 aromatic heterocycles. The van der Waals surface area contributed by atoms with Crippen LogP contribution in [0.15, 0.2) is 36.9 Å². The van der Waals surface area contributed by atoms with E-state index in [0.29, 0.717) is 0 Å². The Morgan fingerprint density at radius 1 is 1.33 bits per heavy atom. The monoisotopic (exact) mass is 203 g/mol. The molecule has 1 aromatic carbocycles. The fraction of sp³-hybridized carbons (Fsp3) is 0.429. The summed E-state index contributed by atoms with van der Waals surface area (Å²) in [6, 6.07) is 10.3. The average Bonchev–Trinajstić information content (AvgIpc) is 2.29. The Hall–Kier alpha value is -1.08. The van der Waals surface area contributed by atoms with Gasteiger partial charge in [-0.25, -0.2) is 0 Å². The number of benzene rings is 1. The lowest BCUT2D eigenvalue weighted by molar-refractivity contribution is 0.518. The molecular formula is C14H21N. The topological polar surface area (TPSA) is 12.0 Å². The summed E-state index contributed by atoms with van der Waals surface area (Å²) in [5, 5.41) is 3.43. The smallest absolute Gasteiger partial charge is 0.0205 e. The summed E-state index contributed by atoms with van der Waals surface area (Å²) in [7, 11) is 0. The van der Waals surface area contributed by atoms with Crippen LogP contribution in [0.1, 0.15) is 25.8 Å². The van der Waals surface area contributed by atoms with E-state index in [0.717, 1.165) is 19.0 Å². The summed E-state index contributed by atoms with van der Waals surface area (Å²) in [5.41, 5.74) is 2.40. The van der Waals surface area contributed by atoms with Gasteiger partial charge < -0.3 is 5.32 Å². The summed E-state index contributed by atoms with van der Waals surface area (Å²) in [5.74, 6) is 0.744. The van der Waals surface area contributed by atoms with Crippen molar-refractivity contribution in [3.05, 3.63) is 42.5 Å². The lowest BCUT2D eigenvalue weighted by Crippen LogP contribution is -2.22. The van der Waals surface area contributed by atoms with Crippen LogP contribution in [0.4, 0.5) is 0 Å². The third-order valence-electron chi connectivity index (χ3n) is 2.71. The summed E-state index contributed by atoms with van der Waals surface area (Å²) in [6.45, 7) is 10.5. The Kier molecular flexibility index (Phi) is 5.13. The minimum Gasteiger partial charge on any atom is -0.312 e. The van der Waals surface area contributed by atoms with E-state index in [2.05, 4.69) is 50.0 Å². The SMILES string of the molecule is C=C(CNCC(C)CC)c1ccccc1. The highest BCUT2D eigenvalue weighted by molar-refractivity contribution is 5.64. The van der Waals surface area contributed by atoms with E-state index in [9.17, 15) is 0 Å². The number of hydrogen-bond acceptors (Lipinski definition) is 1. The Balaban J connectivity index is 2.31. The summed E-state index contributed by atoms with van der Waals surface area (Å²) in [4.78, 5) is 0. The van der Waals surface area contributed by atoms with Gasteiger partial charge in [-0.2, -0.15) is 0 Å². The first-order chi connectivity index (χ1) is 7.24. The second-order valence-corrected chi connectivity index (χ2v) is 4.11. The molecule has 0 bridgehead atoms. The van der Waals surface area contributed by atoms with Gasteiger partial charge in [0.15, 0.2) is 0 Å². The molecule has 0 amide bonds. The number of nitrogens with one attached hydrogen (secondary N) is 1. The Labute approximate surface area is 93.2 Å². The lowest BCUT2D eigenvalue weighted by atomic mass is 10.1. The van der Waals surface area contributed by atoms with Crippen molar-refractivity contribution < 1.29 is 0 Å². The van der Waals surface area contributed by atoms with Crippen LogP contribution >= 0.6 is 0 Å². The molecule has 1 aromatic rings. The van der Waals surface area contributed by atoms with Crippen molar-refractivity contribution in [3.8, 4) is 0 Å². The molecule has 1 unspecified atom stereocenters. The zero-order valence-corrected chi connectivity index (χ0v) is 9.79. The molecule has 0 saturated heterocycles. The van der Waals surface area contributed by atoms with Crippen LogP contribution in [-0.2, 0) is 0 Å². The van der Waals surface area contributed by atoms with Gasteiger partial charge in [0.1, 0.15) is 0 Å². The van der Waals surface area contributed by atoms with Gasteiger partial charge in [0, 0.05) is 6.54 Å². The highest BCUT2D eigenvalue weighted by Gasteiger charge is 2.00. The van der Waals surface area contributed by atoms with Crippen LogP contribution < -0.4 is 5.32 Å². The molecule has 0 aliphatic carbocycles. The van der Waals surface area contributed by atoms with Gasteiger partial charge in [-0.1, -0.05) is 57.2 Å². The highest BCUT2D eigenvalue weighted by Crippen LogP contribution is 2.10. The molecule has 1 atom stereocenters. The molecule has 82 valence electrons. The van der Waals surface area contributed by atoms with Crippen molar-refractivity contribution in [1.82, 2.24) is 5.32 Å². The van der Waals surface area contributed by atoms with Crippen LogP contribution in [0.2, 0.25) is 0 Å². The van der Waals surface area contributed by atoms with Gasteiger partial charge in [0.2, 0.25) is 0 Å². The lowest BCUT2D eigenvalue weighted by Gasteiger charge is -2.11. The molecule has 1 N–H and O–H groups in total. The first-order valence-corrected chi connectivity index (χ1v) is 5.68. The van der Waals surface area contributed by atoms with Crippen molar-refractivity contribution in [2.24, 2.45) is 5.92 Å². The van der Waals surface area contributed by atoms with E-state index < -0.39 is 0 Å². The van der Waals surface area contributed by atoms with Crippen LogP contribution in [0.25, 0.3) is 5.57 Å². The van der Waals surface area contributed by atoms with Gasteiger partial charge in [-0.05, 0) is 23.6 Å².